The predicted molar refractivity (Wildman–Crippen MR) is 45.9 cm³/mol. The zero-order chi connectivity index (χ0) is 7.78. The van der Waals surface area contributed by atoms with Crippen molar-refractivity contribution in [1.29, 1.82) is 0 Å². The van der Waals surface area contributed by atoms with E-state index in [4.69, 9.17) is 0 Å². The van der Waals surface area contributed by atoms with Crippen molar-refractivity contribution in [3.05, 3.63) is 0 Å². The zero-order valence-corrected chi connectivity index (χ0v) is 7.62. The van der Waals surface area contributed by atoms with Gasteiger partial charge < -0.3 is 0 Å². The third-order valence-corrected chi connectivity index (χ3v) is 2.50. The van der Waals surface area contributed by atoms with E-state index in [0.29, 0.717) is 0 Å². The molecule has 10 heavy (non-hydrogen) atoms. The standard InChI is InChI=1S/C6H13N3S/c1-6(2)8-9(4)5(7-3)10-6/h8H,1-4H3. The number of thioether (sulfide) groups is 1. The molecule has 58 valence electrons. The van der Waals surface area contributed by atoms with E-state index in [0.717, 1.165) is 5.17 Å². The van der Waals surface area contributed by atoms with Gasteiger partial charge in [0.1, 0.15) is 0 Å². The van der Waals surface area contributed by atoms with Gasteiger partial charge in [0.25, 0.3) is 0 Å². The molecule has 0 aromatic heterocycles. The Morgan fingerprint density at radius 1 is 1.60 bits per heavy atom. The van der Waals surface area contributed by atoms with Gasteiger partial charge in [0.2, 0.25) is 0 Å². The molecule has 1 aliphatic rings. The molecule has 1 heterocycles. The number of rotatable bonds is 0. The third-order valence-electron chi connectivity index (χ3n) is 1.26. The molecule has 1 saturated heterocycles. The van der Waals surface area contributed by atoms with Crippen LogP contribution in [-0.4, -0.2) is 29.1 Å². The molecule has 0 saturated carbocycles. The Morgan fingerprint density at radius 3 is 2.40 bits per heavy atom. The van der Waals surface area contributed by atoms with Gasteiger partial charge in [-0.2, -0.15) is 0 Å². The first kappa shape index (κ1) is 7.88. The van der Waals surface area contributed by atoms with Crippen molar-refractivity contribution in [3.63, 3.8) is 0 Å². The van der Waals surface area contributed by atoms with Crippen LogP contribution in [0.1, 0.15) is 13.8 Å². The monoisotopic (exact) mass is 159 g/mol. The highest BCUT2D eigenvalue weighted by atomic mass is 32.2. The molecule has 0 radical (unpaired) electrons. The van der Waals surface area contributed by atoms with Gasteiger partial charge in [0, 0.05) is 14.1 Å². The average Bonchev–Trinajstić information content (AvgIpc) is 2.05. The van der Waals surface area contributed by atoms with Crippen LogP contribution in [0.4, 0.5) is 0 Å². The second-order valence-corrected chi connectivity index (χ2v) is 4.38. The molecule has 1 N–H and O–H groups in total. The maximum absolute atomic E-state index is 4.11. The Balaban J connectivity index is 2.71. The summed E-state index contributed by atoms with van der Waals surface area (Å²) in [6.45, 7) is 4.26. The Hall–Kier alpha value is -0.220. The van der Waals surface area contributed by atoms with E-state index in [1.807, 2.05) is 19.1 Å². The minimum absolute atomic E-state index is 0.101. The second-order valence-electron chi connectivity index (χ2n) is 2.79. The lowest BCUT2D eigenvalue weighted by Gasteiger charge is -2.16. The molecule has 0 atom stereocenters. The van der Waals surface area contributed by atoms with Crippen LogP contribution < -0.4 is 5.43 Å². The summed E-state index contributed by atoms with van der Waals surface area (Å²) in [5.41, 5.74) is 3.26. The molecular weight excluding hydrogens is 146 g/mol. The van der Waals surface area contributed by atoms with E-state index in [-0.39, 0.29) is 4.87 Å². The summed E-state index contributed by atoms with van der Waals surface area (Å²) in [4.78, 5) is 4.21. The van der Waals surface area contributed by atoms with Crippen LogP contribution in [0.15, 0.2) is 4.99 Å². The maximum Gasteiger partial charge on any atom is 0.175 e. The molecule has 0 bridgehead atoms. The molecule has 0 aromatic carbocycles. The van der Waals surface area contributed by atoms with E-state index in [2.05, 4.69) is 24.3 Å². The summed E-state index contributed by atoms with van der Waals surface area (Å²) in [6.07, 6.45) is 0. The van der Waals surface area contributed by atoms with Crippen molar-refractivity contribution in [1.82, 2.24) is 10.4 Å². The van der Waals surface area contributed by atoms with Gasteiger partial charge in [0.05, 0.1) is 4.87 Å². The molecule has 1 rings (SSSR count). The van der Waals surface area contributed by atoms with Crippen LogP contribution >= 0.6 is 11.8 Å². The highest BCUT2D eigenvalue weighted by Gasteiger charge is 2.31. The van der Waals surface area contributed by atoms with Crippen LogP contribution in [0.2, 0.25) is 0 Å². The van der Waals surface area contributed by atoms with Crippen LogP contribution in [0.5, 0.6) is 0 Å². The largest absolute Gasteiger partial charge is 0.289 e. The molecule has 3 nitrogen and oxygen atoms in total. The van der Waals surface area contributed by atoms with Crippen molar-refractivity contribution in [2.24, 2.45) is 4.99 Å². The maximum atomic E-state index is 4.11. The summed E-state index contributed by atoms with van der Waals surface area (Å²) in [5, 5.41) is 3.00. The van der Waals surface area contributed by atoms with Crippen molar-refractivity contribution in [2.45, 2.75) is 18.7 Å². The highest BCUT2D eigenvalue weighted by Crippen LogP contribution is 2.29. The predicted octanol–water partition coefficient (Wildman–Crippen LogP) is 0.891. The van der Waals surface area contributed by atoms with Gasteiger partial charge in [-0.3, -0.25) is 10.0 Å². The molecular formula is C6H13N3S. The number of aliphatic imine (C=N–C) groups is 1. The SMILES string of the molecule is CN=C1SC(C)(C)NN1C. The van der Waals surface area contributed by atoms with Crippen LogP contribution in [0.25, 0.3) is 0 Å². The van der Waals surface area contributed by atoms with Crippen molar-refractivity contribution in [2.75, 3.05) is 14.1 Å². The van der Waals surface area contributed by atoms with Crippen LogP contribution in [0.3, 0.4) is 0 Å². The number of hydrogen-bond acceptors (Lipinski definition) is 3. The molecule has 4 heteroatoms. The van der Waals surface area contributed by atoms with Crippen molar-refractivity contribution < 1.29 is 0 Å². The van der Waals surface area contributed by atoms with Gasteiger partial charge >= 0.3 is 0 Å². The number of nitrogens with zero attached hydrogens (tertiary/aromatic N) is 2. The highest BCUT2D eigenvalue weighted by molar-refractivity contribution is 8.15. The summed E-state index contributed by atoms with van der Waals surface area (Å²) in [7, 11) is 3.78. The lowest BCUT2D eigenvalue weighted by molar-refractivity contribution is 0.328. The molecule has 1 aliphatic heterocycles. The minimum atomic E-state index is 0.101. The lowest BCUT2D eigenvalue weighted by Crippen LogP contribution is -2.39. The summed E-state index contributed by atoms with van der Waals surface area (Å²) in [5.74, 6) is 0. The first-order valence-corrected chi connectivity index (χ1v) is 4.04. The fourth-order valence-electron chi connectivity index (χ4n) is 0.967. The molecule has 1 fully saturated rings. The molecule has 0 unspecified atom stereocenters. The zero-order valence-electron chi connectivity index (χ0n) is 6.80. The minimum Gasteiger partial charge on any atom is -0.289 e. The smallest absolute Gasteiger partial charge is 0.175 e. The summed E-state index contributed by atoms with van der Waals surface area (Å²) >= 11 is 1.74. The summed E-state index contributed by atoms with van der Waals surface area (Å²) < 4.78 is 0. The van der Waals surface area contributed by atoms with Crippen molar-refractivity contribution in [3.8, 4) is 0 Å². The summed E-state index contributed by atoms with van der Waals surface area (Å²) in [6, 6.07) is 0. The number of hydrogen-bond donors (Lipinski definition) is 1. The first-order chi connectivity index (χ1) is 4.55. The number of hydrazine groups is 1. The van der Waals surface area contributed by atoms with E-state index in [9.17, 15) is 0 Å². The Kier molecular flexibility index (Phi) is 1.92. The molecule has 0 spiro atoms. The van der Waals surface area contributed by atoms with Crippen LogP contribution in [0, 0.1) is 0 Å². The van der Waals surface area contributed by atoms with Gasteiger partial charge in [-0.25, -0.2) is 5.43 Å². The van der Waals surface area contributed by atoms with E-state index in [1.165, 1.54) is 0 Å². The van der Waals surface area contributed by atoms with Crippen molar-refractivity contribution >= 4 is 16.9 Å². The first-order valence-electron chi connectivity index (χ1n) is 3.22. The Morgan fingerprint density at radius 2 is 2.20 bits per heavy atom. The van der Waals surface area contributed by atoms with Gasteiger partial charge in [0.15, 0.2) is 5.17 Å². The normalized spacial score (nSPS) is 28.0. The fraction of sp³-hybridized carbons (Fsp3) is 0.833. The van der Waals surface area contributed by atoms with E-state index >= 15 is 0 Å². The van der Waals surface area contributed by atoms with E-state index in [1.54, 1.807) is 11.8 Å². The molecule has 0 aromatic rings. The quantitative estimate of drug-likeness (QED) is 0.569. The lowest BCUT2D eigenvalue weighted by atomic mass is 10.4. The van der Waals surface area contributed by atoms with Gasteiger partial charge in [-0.15, -0.1) is 0 Å². The van der Waals surface area contributed by atoms with Gasteiger partial charge in [-0.05, 0) is 13.8 Å². The third kappa shape index (κ3) is 1.44. The molecule has 0 amide bonds. The van der Waals surface area contributed by atoms with Crippen LogP contribution in [-0.2, 0) is 0 Å². The fourth-order valence-corrected chi connectivity index (χ4v) is 1.88. The number of amidine groups is 1. The average molecular weight is 159 g/mol. The molecule has 0 aliphatic carbocycles. The Labute approximate surface area is 65.9 Å². The second kappa shape index (κ2) is 2.43. The van der Waals surface area contributed by atoms with E-state index < -0.39 is 0 Å². The van der Waals surface area contributed by atoms with Gasteiger partial charge in [-0.1, -0.05) is 11.8 Å². The topological polar surface area (TPSA) is 27.6 Å². The Bertz CT molecular complexity index is 164. The number of nitrogens with one attached hydrogen (secondary N) is 1.